The van der Waals surface area contributed by atoms with Crippen LogP contribution in [0.1, 0.15) is 49.0 Å². The molecular weight excluding hydrogens is 247 g/mol. The van der Waals surface area contributed by atoms with Crippen LogP contribution in [0, 0.1) is 17.8 Å². The summed E-state index contributed by atoms with van der Waals surface area (Å²) in [5.74, 6) is 1.38. The van der Waals surface area contributed by atoms with Gasteiger partial charge in [0.2, 0.25) is 0 Å². The molecular formula is C14H33O3P. The second-order valence-electron chi connectivity index (χ2n) is 5.68. The topological polar surface area (TPSA) is 27.7 Å². The van der Waals surface area contributed by atoms with Crippen molar-refractivity contribution in [2.24, 2.45) is 17.8 Å². The highest BCUT2D eigenvalue weighted by atomic mass is 31.2. The normalized spacial score (nSPS) is 12.3. The maximum Gasteiger partial charge on any atom is 0.250 e. The Balaban J connectivity index is 0. The van der Waals surface area contributed by atoms with Gasteiger partial charge in [0.05, 0.1) is 19.8 Å². The predicted octanol–water partition coefficient (Wildman–Crippen LogP) is 4.83. The molecule has 0 aromatic rings. The molecule has 0 saturated heterocycles. The van der Waals surface area contributed by atoms with Gasteiger partial charge in [-0.1, -0.05) is 49.0 Å². The zero-order valence-corrected chi connectivity index (χ0v) is 13.1. The molecule has 0 fully saturated rings. The maximum atomic E-state index is 5.75. The summed E-state index contributed by atoms with van der Waals surface area (Å²) in [6.45, 7) is 14.5. The minimum Gasteiger partial charge on any atom is -0.317 e. The third-order valence-electron chi connectivity index (χ3n) is 1.81. The Morgan fingerprint density at radius 2 is 0.944 bits per heavy atom. The van der Waals surface area contributed by atoms with Crippen molar-refractivity contribution in [1.82, 2.24) is 0 Å². The van der Waals surface area contributed by atoms with Crippen LogP contribution in [-0.4, -0.2) is 26.1 Å². The molecule has 0 unspecified atom stereocenters. The standard InChI is InChI=1S/C13H29O3P.CH4/c1-11(2)8-14-17(7,15-9-12(3)4)16-10-13(5)6;/h11-13H,7-10H2,1-6H3;1H4. The lowest BCUT2D eigenvalue weighted by Gasteiger charge is -2.26. The van der Waals surface area contributed by atoms with Crippen molar-refractivity contribution in [3.05, 3.63) is 0 Å². The zero-order valence-electron chi connectivity index (χ0n) is 12.2. The summed E-state index contributed by atoms with van der Waals surface area (Å²) in [4.78, 5) is 0. The van der Waals surface area contributed by atoms with Gasteiger partial charge in [0, 0.05) is 0 Å². The van der Waals surface area contributed by atoms with Gasteiger partial charge in [-0.05, 0) is 24.1 Å². The van der Waals surface area contributed by atoms with Gasteiger partial charge in [-0.3, -0.25) is 0 Å². The van der Waals surface area contributed by atoms with Crippen LogP contribution in [0.2, 0.25) is 0 Å². The van der Waals surface area contributed by atoms with Gasteiger partial charge in [-0.2, -0.15) is 0 Å². The molecule has 0 aliphatic heterocycles. The third kappa shape index (κ3) is 11.3. The lowest BCUT2D eigenvalue weighted by molar-refractivity contribution is 0.125. The number of rotatable bonds is 9. The van der Waals surface area contributed by atoms with Gasteiger partial charge in [-0.25, -0.2) is 0 Å². The van der Waals surface area contributed by atoms with E-state index in [-0.39, 0.29) is 7.43 Å². The van der Waals surface area contributed by atoms with E-state index < -0.39 is 7.57 Å². The fourth-order valence-corrected chi connectivity index (χ4v) is 2.70. The average molecular weight is 280 g/mol. The van der Waals surface area contributed by atoms with Crippen molar-refractivity contribution in [1.29, 1.82) is 0 Å². The lowest BCUT2D eigenvalue weighted by atomic mass is 10.2. The van der Waals surface area contributed by atoms with Crippen LogP contribution in [0.25, 0.3) is 0 Å². The Hall–Kier alpha value is 0.180. The van der Waals surface area contributed by atoms with E-state index in [0.29, 0.717) is 37.6 Å². The Labute approximate surface area is 114 Å². The van der Waals surface area contributed by atoms with Crippen molar-refractivity contribution < 1.29 is 13.6 Å². The summed E-state index contributed by atoms with van der Waals surface area (Å²) in [7, 11) is -2.38. The Morgan fingerprint density at radius 1 is 0.722 bits per heavy atom. The highest BCUT2D eigenvalue weighted by Gasteiger charge is 2.19. The van der Waals surface area contributed by atoms with Gasteiger partial charge < -0.3 is 13.6 Å². The third-order valence-corrected chi connectivity index (χ3v) is 3.44. The molecule has 0 rings (SSSR count). The minimum absolute atomic E-state index is 0. The number of hydrogen-bond donors (Lipinski definition) is 0. The quantitative estimate of drug-likeness (QED) is 0.566. The van der Waals surface area contributed by atoms with E-state index in [1.165, 1.54) is 0 Å². The van der Waals surface area contributed by atoms with Crippen molar-refractivity contribution >= 4 is 13.9 Å². The maximum absolute atomic E-state index is 5.75. The molecule has 0 aliphatic rings. The molecule has 0 N–H and O–H groups in total. The summed E-state index contributed by atoms with van der Waals surface area (Å²) in [6.07, 6.45) is 4.03. The van der Waals surface area contributed by atoms with E-state index in [1.807, 2.05) is 0 Å². The molecule has 112 valence electrons. The van der Waals surface area contributed by atoms with Gasteiger partial charge in [0.15, 0.2) is 0 Å². The van der Waals surface area contributed by atoms with Crippen LogP contribution in [0.3, 0.4) is 0 Å². The molecule has 0 saturated carbocycles. The largest absolute Gasteiger partial charge is 0.317 e. The Kier molecular flexibility index (Phi) is 11.4. The molecule has 0 bridgehead atoms. The first-order valence-electron chi connectivity index (χ1n) is 6.42. The van der Waals surface area contributed by atoms with Crippen LogP contribution >= 0.6 is 7.57 Å². The highest BCUT2D eigenvalue weighted by molar-refractivity contribution is 7.59. The SMILES string of the molecule is C.C=P(OCC(C)C)(OCC(C)C)OCC(C)C. The van der Waals surface area contributed by atoms with Crippen molar-refractivity contribution in [2.75, 3.05) is 19.8 Å². The summed E-state index contributed by atoms with van der Waals surface area (Å²) in [5, 5.41) is 0. The smallest absolute Gasteiger partial charge is 0.250 e. The van der Waals surface area contributed by atoms with E-state index >= 15 is 0 Å². The number of hydrogen-bond acceptors (Lipinski definition) is 3. The van der Waals surface area contributed by atoms with Crippen molar-refractivity contribution in [2.45, 2.75) is 49.0 Å². The van der Waals surface area contributed by atoms with Gasteiger partial charge in [0.25, 0.3) is 7.57 Å². The molecule has 0 amide bonds. The van der Waals surface area contributed by atoms with E-state index in [9.17, 15) is 0 Å². The minimum atomic E-state index is -2.38. The van der Waals surface area contributed by atoms with Crippen LogP contribution in [0.5, 0.6) is 0 Å². The van der Waals surface area contributed by atoms with Crippen molar-refractivity contribution in [3.8, 4) is 0 Å². The fourth-order valence-electron chi connectivity index (χ4n) is 0.900. The molecule has 0 radical (unpaired) electrons. The van der Waals surface area contributed by atoms with E-state index in [2.05, 4.69) is 47.8 Å². The molecule has 0 spiro atoms. The molecule has 0 aromatic carbocycles. The molecule has 0 heterocycles. The Morgan fingerprint density at radius 3 is 1.11 bits per heavy atom. The van der Waals surface area contributed by atoms with Crippen LogP contribution in [-0.2, 0) is 13.6 Å². The zero-order chi connectivity index (χ0) is 13.5. The molecule has 0 aliphatic carbocycles. The first kappa shape index (κ1) is 20.5. The summed E-state index contributed by atoms with van der Waals surface area (Å²) >= 11 is 0. The van der Waals surface area contributed by atoms with Gasteiger partial charge in [0.1, 0.15) is 0 Å². The summed E-state index contributed by atoms with van der Waals surface area (Å²) < 4.78 is 17.2. The fraction of sp³-hybridized carbons (Fsp3) is 0.929. The first-order chi connectivity index (χ1) is 7.75. The molecule has 18 heavy (non-hydrogen) atoms. The second kappa shape index (κ2) is 10.0. The molecule has 3 nitrogen and oxygen atoms in total. The monoisotopic (exact) mass is 280 g/mol. The molecule has 4 heteroatoms. The van der Waals surface area contributed by atoms with E-state index in [0.717, 1.165) is 0 Å². The second-order valence-corrected chi connectivity index (χ2v) is 7.68. The Bertz CT molecular complexity index is 199. The van der Waals surface area contributed by atoms with Gasteiger partial charge >= 0.3 is 0 Å². The highest BCUT2D eigenvalue weighted by Crippen LogP contribution is 2.49. The van der Waals surface area contributed by atoms with E-state index in [4.69, 9.17) is 13.6 Å². The van der Waals surface area contributed by atoms with Crippen LogP contribution < -0.4 is 0 Å². The van der Waals surface area contributed by atoms with E-state index in [1.54, 1.807) is 0 Å². The van der Waals surface area contributed by atoms with Crippen LogP contribution in [0.4, 0.5) is 0 Å². The molecule has 0 atom stereocenters. The molecule has 0 aromatic heterocycles. The van der Waals surface area contributed by atoms with Crippen molar-refractivity contribution in [3.63, 3.8) is 0 Å². The first-order valence-corrected chi connectivity index (χ1v) is 8.15. The predicted molar refractivity (Wildman–Crippen MR) is 83.1 cm³/mol. The van der Waals surface area contributed by atoms with Crippen LogP contribution in [0.15, 0.2) is 0 Å². The van der Waals surface area contributed by atoms with Gasteiger partial charge in [-0.15, -0.1) is 0 Å². The average Bonchev–Trinajstić information content (AvgIpc) is 2.21. The summed E-state index contributed by atoms with van der Waals surface area (Å²) in [5.41, 5.74) is 0. The summed E-state index contributed by atoms with van der Waals surface area (Å²) in [6, 6.07) is 0. The lowest BCUT2D eigenvalue weighted by Crippen LogP contribution is -2.11.